The van der Waals surface area contributed by atoms with Crippen LogP contribution in [-0.2, 0) is 9.59 Å². The highest BCUT2D eigenvalue weighted by Gasteiger charge is 2.49. The summed E-state index contributed by atoms with van der Waals surface area (Å²) in [6.45, 7) is 1.21. The maximum atomic E-state index is 13.1. The fourth-order valence-corrected chi connectivity index (χ4v) is 4.56. The molecule has 7 nitrogen and oxygen atoms in total. The molecule has 3 fully saturated rings. The Morgan fingerprint density at radius 2 is 2.00 bits per heavy atom. The molecule has 2 unspecified atom stereocenters. The number of nitrogens with two attached hydrogens (primary N) is 1. The lowest BCUT2D eigenvalue weighted by atomic mass is 10.1. The van der Waals surface area contributed by atoms with Gasteiger partial charge in [-0.05, 0) is 43.6 Å². The number of carbonyl (C=O) groups excluding carboxylic acids is 3. The van der Waals surface area contributed by atoms with Crippen molar-refractivity contribution in [2.75, 3.05) is 19.6 Å². The molecule has 0 aromatic carbocycles. The summed E-state index contributed by atoms with van der Waals surface area (Å²) < 4.78 is 0. The van der Waals surface area contributed by atoms with Crippen molar-refractivity contribution >= 4 is 29.1 Å². The molecule has 27 heavy (non-hydrogen) atoms. The smallest absolute Gasteiger partial charge is 0.264 e. The molecule has 0 radical (unpaired) electrons. The van der Waals surface area contributed by atoms with Gasteiger partial charge in [0, 0.05) is 31.6 Å². The predicted molar refractivity (Wildman–Crippen MR) is 102 cm³/mol. The van der Waals surface area contributed by atoms with Crippen molar-refractivity contribution in [3.8, 4) is 0 Å². The monoisotopic (exact) mass is 390 g/mol. The Kier molecular flexibility index (Phi) is 5.19. The first-order chi connectivity index (χ1) is 13.1. The number of hydrogen-bond acceptors (Lipinski definition) is 5. The van der Waals surface area contributed by atoms with Gasteiger partial charge in [0.05, 0.1) is 10.9 Å². The number of carbonyl (C=O) groups is 3. The molecule has 1 aromatic rings. The summed E-state index contributed by atoms with van der Waals surface area (Å²) in [7, 11) is 0. The quantitative estimate of drug-likeness (QED) is 0.720. The number of nitrogens with one attached hydrogen (secondary N) is 1. The van der Waals surface area contributed by atoms with Crippen molar-refractivity contribution in [2.45, 2.75) is 50.2 Å². The molecule has 3 aliphatic rings. The topological polar surface area (TPSA) is 95.7 Å². The highest BCUT2D eigenvalue weighted by Crippen LogP contribution is 2.38. The SMILES string of the molecule is NCCNC(=O)C1CC(N(C(=O)c2cccs2)C2CC2)CN1C(=O)C1CC1. The summed E-state index contributed by atoms with van der Waals surface area (Å²) in [6, 6.07) is 3.34. The van der Waals surface area contributed by atoms with Crippen LogP contribution < -0.4 is 11.1 Å². The number of thiophene rings is 1. The van der Waals surface area contributed by atoms with E-state index in [1.165, 1.54) is 11.3 Å². The minimum absolute atomic E-state index is 0.0272. The maximum Gasteiger partial charge on any atom is 0.264 e. The van der Waals surface area contributed by atoms with Crippen LogP contribution in [0.2, 0.25) is 0 Å². The molecule has 3 amide bonds. The third kappa shape index (κ3) is 3.87. The van der Waals surface area contributed by atoms with E-state index in [0.717, 1.165) is 30.6 Å². The molecule has 1 saturated heterocycles. The number of rotatable bonds is 7. The third-order valence-corrected chi connectivity index (χ3v) is 6.39. The Hall–Kier alpha value is -1.93. The number of nitrogens with zero attached hydrogens (tertiary/aromatic N) is 2. The van der Waals surface area contributed by atoms with Gasteiger partial charge >= 0.3 is 0 Å². The van der Waals surface area contributed by atoms with Crippen LogP contribution in [0.5, 0.6) is 0 Å². The Balaban J connectivity index is 1.54. The van der Waals surface area contributed by atoms with Crippen LogP contribution in [0.15, 0.2) is 17.5 Å². The maximum absolute atomic E-state index is 13.1. The molecule has 146 valence electrons. The fourth-order valence-electron chi connectivity index (χ4n) is 3.90. The van der Waals surface area contributed by atoms with E-state index >= 15 is 0 Å². The lowest BCUT2D eigenvalue weighted by Crippen LogP contribution is -2.47. The van der Waals surface area contributed by atoms with Gasteiger partial charge in [-0.15, -0.1) is 11.3 Å². The minimum atomic E-state index is -0.507. The van der Waals surface area contributed by atoms with Crippen molar-refractivity contribution in [1.29, 1.82) is 0 Å². The molecule has 2 heterocycles. The van der Waals surface area contributed by atoms with E-state index in [2.05, 4.69) is 5.32 Å². The van der Waals surface area contributed by atoms with Crippen LogP contribution in [0.1, 0.15) is 41.8 Å². The second-order valence-electron chi connectivity index (χ2n) is 7.67. The second kappa shape index (κ2) is 7.59. The summed E-state index contributed by atoms with van der Waals surface area (Å²) in [6.07, 6.45) is 4.29. The third-order valence-electron chi connectivity index (χ3n) is 5.54. The van der Waals surface area contributed by atoms with Crippen LogP contribution in [-0.4, -0.2) is 65.3 Å². The normalized spacial score (nSPS) is 24.7. The van der Waals surface area contributed by atoms with Gasteiger partial charge in [-0.2, -0.15) is 0 Å². The lowest BCUT2D eigenvalue weighted by Gasteiger charge is -2.28. The Bertz CT molecular complexity index is 715. The first-order valence-electron chi connectivity index (χ1n) is 9.74. The first-order valence-corrected chi connectivity index (χ1v) is 10.6. The van der Waals surface area contributed by atoms with E-state index in [-0.39, 0.29) is 35.7 Å². The van der Waals surface area contributed by atoms with E-state index in [1.807, 2.05) is 22.4 Å². The molecule has 0 spiro atoms. The van der Waals surface area contributed by atoms with Crippen molar-refractivity contribution in [1.82, 2.24) is 15.1 Å². The first kappa shape index (κ1) is 18.4. The van der Waals surface area contributed by atoms with Gasteiger partial charge in [0.2, 0.25) is 11.8 Å². The fraction of sp³-hybridized carbons (Fsp3) is 0.632. The van der Waals surface area contributed by atoms with Gasteiger partial charge in [-0.3, -0.25) is 14.4 Å². The zero-order valence-corrected chi connectivity index (χ0v) is 16.1. The summed E-state index contributed by atoms with van der Waals surface area (Å²) in [5.74, 6) is -0.0174. The van der Waals surface area contributed by atoms with E-state index < -0.39 is 6.04 Å². The van der Waals surface area contributed by atoms with Crippen molar-refractivity contribution in [2.24, 2.45) is 11.7 Å². The van der Waals surface area contributed by atoms with E-state index in [4.69, 9.17) is 5.73 Å². The predicted octanol–water partition coefficient (Wildman–Crippen LogP) is 0.807. The van der Waals surface area contributed by atoms with Gasteiger partial charge in [-0.25, -0.2) is 0 Å². The summed E-state index contributed by atoms with van der Waals surface area (Å²) in [5, 5.41) is 4.72. The van der Waals surface area contributed by atoms with Crippen LogP contribution in [0.4, 0.5) is 0 Å². The van der Waals surface area contributed by atoms with E-state index in [9.17, 15) is 14.4 Å². The number of hydrogen-bond donors (Lipinski definition) is 2. The molecule has 1 aliphatic heterocycles. The van der Waals surface area contributed by atoms with Crippen LogP contribution in [0.3, 0.4) is 0 Å². The minimum Gasteiger partial charge on any atom is -0.353 e. The summed E-state index contributed by atoms with van der Waals surface area (Å²) in [4.78, 5) is 42.9. The van der Waals surface area contributed by atoms with Crippen molar-refractivity contribution < 1.29 is 14.4 Å². The zero-order valence-electron chi connectivity index (χ0n) is 15.3. The van der Waals surface area contributed by atoms with Crippen molar-refractivity contribution in [3.05, 3.63) is 22.4 Å². The highest BCUT2D eigenvalue weighted by molar-refractivity contribution is 7.12. The van der Waals surface area contributed by atoms with E-state index in [0.29, 0.717) is 26.1 Å². The zero-order chi connectivity index (χ0) is 19.0. The van der Waals surface area contributed by atoms with Gasteiger partial charge < -0.3 is 20.9 Å². The van der Waals surface area contributed by atoms with Crippen LogP contribution in [0.25, 0.3) is 0 Å². The molecule has 3 N–H and O–H groups in total. The average Bonchev–Trinajstić information content (AvgIpc) is 3.58. The molecule has 2 saturated carbocycles. The van der Waals surface area contributed by atoms with Gasteiger partial charge in [0.15, 0.2) is 0 Å². The van der Waals surface area contributed by atoms with Gasteiger partial charge in [0.25, 0.3) is 5.91 Å². The standard InChI is InChI=1S/C19H26N4O3S/c20-7-8-21-17(24)15-10-14(11-22(15)18(25)12-3-4-12)23(13-5-6-13)19(26)16-2-1-9-27-16/h1-2,9,12-15H,3-8,10-11,20H2,(H,21,24). The summed E-state index contributed by atoms with van der Waals surface area (Å²) in [5.41, 5.74) is 5.50. The van der Waals surface area contributed by atoms with Gasteiger partial charge in [0.1, 0.15) is 6.04 Å². The Labute approximate surface area is 162 Å². The molecule has 2 atom stereocenters. The molecule has 0 bridgehead atoms. The summed E-state index contributed by atoms with van der Waals surface area (Å²) >= 11 is 1.44. The second-order valence-corrected chi connectivity index (χ2v) is 8.62. The highest BCUT2D eigenvalue weighted by atomic mass is 32.1. The molecule has 4 rings (SSSR count). The van der Waals surface area contributed by atoms with E-state index in [1.54, 1.807) is 4.90 Å². The lowest BCUT2D eigenvalue weighted by molar-refractivity contribution is -0.139. The molecule has 8 heteroatoms. The number of amides is 3. The van der Waals surface area contributed by atoms with Crippen molar-refractivity contribution in [3.63, 3.8) is 0 Å². The Morgan fingerprint density at radius 1 is 1.22 bits per heavy atom. The largest absolute Gasteiger partial charge is 0.353 e. The van der Waals surface area contributed by atoms with Crippen LogP contribution >= 0.6 is 11.3 Å². The Morgan fingerprint density at radius 3 is 2.59 bits per heavy atom. The van der Waals surface area contributed by atoms with Crippen LogP contribution in [0, 0.1) is 5.92 Å². The number of likely N-dealkylation sites (tertiary alicyclic amines) is 1. The molecule has 2 aliphatic carbocycles. The average molecular weight is 391 g/mol. The molecule has 1 aromatic heterocycles. The molecular weight excluding hydrogens is 364 g/mol. The molecular formula is C19H26N4O3S. The van der Waals surface area contributed by atoms with Gasteiger partial charge in [-0.1, -0.05) is 6.07 Å².